The van der Waals surface area contributed by atoms with E-state index in [-0.39, 0.29) is 12.0 Å². The third-order valence-corrected chi connectivity index (χ3v) is 5.18. The first-order valence-corrected chi connectivity index (χ1v) is 11.1. The molecule has 3 rings (SSSR count). The number of hydrogen-bond donors (Lipinski definition) is 2. The fourth-order valence-electron chi connectivity index (χ4n) is 3.63. The Balaban J connectivity index is 1.54. The molecule has 0 bridgehead atoms. The Bertz CT molecular complexity index is 897. The number of nitrogens with zero attached hydrogens (tertiary/aromatic N) is 2. The van der Waals surface area contributed by atoms with E-state index in [1.54, 1.807) is 0 Å². The summed E-state index contributed by atoms with van der Waals surface area (Å²) in [7, 11) is 0. The average Bonchev–Trinajstić information content (AvgIpc) is 3.15. The highest BCUT2D eigenvalue weighted by molar-refractivity contribution is 5.79. The molecular formula is C25H34N4O2. The zero-order valence-corrected chi connectivity index (χ0v) is 18.9. The van der Waals surface area contributed by atoms with Crippen molar-refractivity contribution in [2.45, 2.75) is 52.8 Å². The lowest BCUT2D eigenvalue weighted by atomic mass is 10.1. The molecule has 2 aromatic carbocycles. The smallest absolute Gasteiger partial charge is 0.222 e. The second-order valence-electron chi connectivity index (χ2n) is 8.06. The Morgan fingerprint density at radius 1 is 1.16 bits per heavy atom. The molecule has 31 heavy (non-hydrogen) atoms. The van der Waals surface area contributed by atoms with Crippen LogP contribution in [0, 0.1) is 6.92 Å². The fourth-order valence-corrected chi connectivity index (χ4v) is 3.63. The molecular weight excluding hydrogens is 388 g/mol. The molecule has 1 heterocycles. The maximum atomic E-state index is 11.9. The van der Waals surface area contributed by atoms with Gasteiger partial charge in [-0.2, -0.15) is 0 Å². The van der Waals surface area contributed by atoms with Gasteiger partial charge in [0.15, 0.2) is 5.96 Å². The number of aliphatic imine (C=N–C) groups is 1. The number of hydrogen-bond acceptors (Lipinski definition) is 3. The molecule has 1 aliphatic rings. The number of aryl methyl sites for hydroxylation is 1. The topological polar surface area (TPSA) is 66.0 Å². The van der Waals surface area contributed by atoms with Crippen LogP contribution in [0.25, 0.3) is 0 Å². The minimum absolute atomic E-state index is 0.00647. The highest BCUT2D eigenvalue weighted by Gasteiger charge is 2.19. The zero-order valence-electron chi connectivity index (χ0n) is 18.9. The van der Waals surface area contributed by atoms with Gasteiger partial charge in [-0.05, 0) is 56.0 Å². The first-order valence-electron chi connectivity index (χ1n) is 11.1. The quantitative estimate of drug-likeness (QED) is 0.478. The van der Waals surface area contributed by atoms with Crippen molar-refractivity contribution in [3.8, 4) is 5.75 Å². The summed E-state index contributed by atoms with van der Waals surface area (Å²) < 4.78 is 6.00. The molecule has 1 saturated heterocycles. The molecule has 2 aromatic rings. The molecule has 166 valence electrons. The SMILES string of the molecule is CCNC(=NCc1cccc(CN2CCCC2=O)c1)NCC(C)Oc1cccc(C)c1. The van der Waals surface area contributed by atoms with Crippen molar-refractivity contribution in [2.24, 2.45) is 4.99 Å². The molecule has 0 saturated carbocycles. The van der Waals surface area contributed by atoms with E-state index in [1.807, 2.05) is 36.1 Å². The summed E-state index contributed by atoms with van der Waals surface area (Å²) in [6.45, 7) is 9.71. The Kier molecular flexibility index (Phi) is 8.33. The Morgan fingerprint density at radius 2 is 1.97 bits per heavy atom. The number of carbonyl (C=O) groups is 1. The normalized spacial score (nSPS) is 15.1. The van der Waals surface area contributed by atoms with Crippen LogP contribution in [0.4, 0.5) is 0 Å². The number of benzene rings is 2. The van der Waals surface area contributed by atoms with E-state index < -0.39 is 0 Å². The van der Waals surface area contributed by atoms with E-state index >= 15 is 0 Å². The van der Waals surface area contributed by atoms with Crippen LogP contribution in [-0.2, 0) is 17.9 Å². The third kappa shape index (κ3) is 7.31. The molecule has 1 amide bonds. The van der Waals surface area contributed by atoms with Crippen molar-refractivity contribution in [1.29, 1.82) is 0 Å². The highest BCUT2D eigenvalue weighted by atomic mass is 16.5. The van der Waals surface area contributed by atoms with Crippen molar-refractivity contribution in [3.63, 3.8) is 0 Å². The number of nitrogens with one attached hydrogen (secondary N) is 2. The second kappa shape index (κ2) is 11.4. The molecule has 0 spiro atoms. The summed E-state index contributed by atoms with van der Waals surface area (Å²) in [5.41, 5.74) is 3.47. The number of ether oxygens (including phenoxy) is 1. The largest absolute Gasteiger partial charge is 0.489 e. The van der Waals surface area contributed by atoms with Crippen LogP contribution in [0.1, 0.15) is 43.4 Å². The molecule has 0 aromatic heterocycles. The van der Waals surface area contributed by atoms with Gasteiger partial charge in [-0.15, -0.1) is 0 Å². The minimum Gasteiger partial charge on any atom is -0.489 e. The Morgan fingerprint density at radius 3 is 2.71 bits per heavy atom. The standard InChI is InChI=1S/C25H34N4O2/c1-4-26-25(27-16-20(3)31-23-11-5-8-19(2)14-23)28-17-21-9-6-10-22(15-21)18-29-13-7-12-24(29)30/h5-6,8-11,14-15,20H,4,7,12-13,16-18H2,1-3H3,(H2,26,27,28). The first-order chi connectivity index (χ1) is 15.0. The van der Waals surface area contributed by atoms with Crippen molar-refractivity contribution in [2.75, 3.05) is 19.6 Å². The van der Waals surface area contributed by atoms with Crippen LogP contribution in [0.3, 0.4) is 0 Å². The van der Waals surface area contributed by atoms with Gasteiger partial charge < -0.3 is 20.3 Å². The number of carbonyl (C=O) groups excluding carboxylic acids is 1. The number of rotatable bonds is 9. The van der Waals surface area contributed by atoms with Gasteiger partial charge in [0.2, 0.25) is 5.91 Å². The lowest BCUT2D eigenvalue weighted by Crippen LogP contribution is -2.41. The van der Waals surface area contributed by atoms with Gasteiger partial charge in [0.05, 0.1) is 13.1 Å². The van der Waals surface area contributed by atoms with Crippen molar-refractivity contribution < 1.29 is 9.53 Å². The molecule has 1 atom stereocenters. The molecule has 0 aliphatic carbocycles. The van der Waals surface area contributed by atoms with E-state index in [4.69, 9.17) is 9.73 Å². The van der Waals surface area contributed by atoms with Crippen molar-refractivity contribution in [3.05, 3.63) is 65.2 Å². The summed E-state index contributed by atoms with van der Waals surface area (Å²) in [5, 5.41) is 6.66. The minimum atomic E-state index is 0.00647. The molecule has 2 N–H and O–H groups in total. The van der Waals surface area contributed by atoms with Crippen molar-refractivity contribution >= 4 is 11.9 Å². The number of guanidine groups is 1. The monoisotopic (exact) mass is 422 g/mol. The van der Waals surface area contributed by atoms with Gasteiger partial charge in [-0.1, -0.05) is 36.4 Å². The highest BCUT2D eigenvalue weighted by Crippen LogP contribution is 2.16. The van der Waals surface area contributed by atoms with Crippen LogP contribution in [-0.4, -0.2) is 42.5 Å². The van der Waals surface area contributed by atoms with E-state index in [2.05, 4.69) is 48.7 Å². The molecule has 1 unspecified atom stereocenters. The number of likely N-dealkylation sites (tertiary alicyclic amines) is 1. The fraction of sp³-hybridized carbons (Fsp3) is 0.440. The average molecular weight is 423 g/mol. The summed E-state index contributed by atoms with van der Waals surface area (Å²) in [4.78, 5) is 18.5. The predicted octanol–water partition coefficient (Wildman–Crippen LogP) is 3.64. The van der Waals surface area contributed by atoms with Gasteiger partial charge in [0.1, 0.15) is 11.9 Å². The second-order valence-corrected chi connectivity index (χ2v) is 8.06. The summed E-state index contributed by atoms with van der Waals surface area (Å²) in [6, 6.07) is 16.4. The Hall–Kier alpha value is -3.02. The van der Waals surface area contributed by atoms with Gasteiger partial charge in [-0.3, -0.25) is 4.79 Å². The van der Waals surface area contributed by atoms with Crippen LogP contribution < -0.4 is 15.4 Å². The van der Waals surface area contributed by atoms with Crippen LogP contribution >= 0.6 is 0 Å². The van der Waals surface area contributed by atoms with Gasteiger partial charge in [-0.25, -0.2) is 4.99 Å². The lowest BCUT2D eigenvalue weighted by molar-refractivity contribution is -0.128. The van der Waals surface area contributed by atoms with Gasteiger partial charge in [0, 0.05) is 26.1 Å². The lowest BCUT2D eigenvalue weighted by Gasteiger charge is -2.18. The Labute approximate surface area is 185 Å². The van der Waals surface area contributed by atoms with Crippen molar-refractivity contribution in [1.82, 2.24) is 15.5 Å². The van der Waals surface area contributed by atoms with Crippen LogP contribution in [0.2, 0.25) is 0 Å². The molecule has 0 radical (unpaired) electrons. The van der Waals surface area contributed by atoms with Gasteiger partial charge >= 0.3 is 0 Å². The maximum Gasteiger partial charge on any atom is 0.222 e. The molecule has 6 nitrogen and oxygen atoms in total. The molecule has 6 heteroatoms. The maximum absolute atomic E-state index is 11.9. The zero-order chi connectivity index (χ0) is 22.1. The molecule has 1 aliphatic heterocycles. The predicted molar refractivity (Wildman–Crippen MR) is 125 cm³/mol. The molecule has 1 fully saturated rings. The summed E-state index contributed by atoms with van der Waals surface area (Å²) >= 11 is 0. The summed E-state index contributed by atoms with van der Waals surface area (Å²) in [6.07, 6.45) is 1.65. The number of amides is 1. The van der Waals surface area contributed by atoms with Gasteiger partial charge in [0.25, 0.3) is 0 Å². The van der Waals surface area contributed by atoms with Crippen LogP contribution in [0.15, 0.2) is 53.5 Å². The van der Waals surface area contributed by atoms with E-state index in [1.165, 1.54) is 5.56 Å². The third-order valence-electron chi connectivity index (χ3n) is 5.18. The summed E-state index contributed by atoms with van der Waals surface area (Å²) in [5.74, 6) is 1.90. The van der Waals surface area contributed by atoms with E-state index in [9.17, 15) is 4.79 Å². The van der Waals surface area contributed by atoms with E-state index in [0.29, 0.717) is 26.1 Å². The van der Waals surface area contributed by atoms with E-state index in [0.717, 1.165) is 42.3 Å². The first kappa shape index (κ1) is 22.7. The van der Waals surface area contributed by atoms with Crippen LogP contribution in [0.5, 0.6) is 5.75 Å².